The maximum absolute atomic E-state index is 12.8. The standard InChI is InChI=1S/C17H14F3NO3/c1-11(22)12-6-8-13(9-7-12)21-16(23)10-24-15-5-3-2-4-14(15)17(18,19)20/h2-9H,10H2,1H3,(H,21,23). The van der Waals surface area contributed by atoms with Crippen LogP contribution in [0.5, 0.6) is 5.75 Å². The molecule has 0 aromatic heterocycles. The average Bonchev–Trinajstić information content (AvgIpc) is 2.53. The number of alkyl halides is 3. The van der Waals surface area contributed by atoms with E-state index in [0.29, 0.717) is 11.3 Å². The van der Waals surface area contributed by atoms with Gasteiger partial charge in [0.25, 0.3) is 5.91 Å². The fourth-order valence-corrected chi connectivity index (χ4v) is 1.96. The zero-order valence-electron chi connectivity index (χ0n) is 12.7. The van der Waals surface area contributed by atoms with Gasteiger partial charge in [-0.1, -0.05) is 12.1 Å². The van der Waals surface area contributed by atoms with E-state index < -0.39 is 30.0 Å². The molecule has 126 valence electrons. The Morgan fingerprint density at radius 1 is 1.04 bits per heavy atom. The van der Waals surface area contributed by atoms with Crippen molar-refractivity contribution in [1.29, 1.82) is 0 Å². The Hall–Kier alpha value is -2.83. The Kier molecular flexibility index (Phi) is 5.23. The normalized spacial score (nSPS) is 11.0. The van der Waals surface area contributed by atoms with E-state index in [4.69, 9.17) is 4.74 Å². The van der Waals surface area contributed by atoms with E-state index in [1.807, 2.05) is 0 Å². The Labute approximate surface area is 136 Å². The molecule has 0 saturated carbocycles. The number of para-hydroxylation sites is 1. The monoisotopic (exact) mass is 337 g/mol. The highest BCUT2D eigenvalue weighted by Gasteiger charge is 2.34. The summed E-state index contributed by atoms with van der Waals surface area (Å²) < 4.78 is 43.4. The lowest BCUT2D eigenvalue weighted by molar-refractivity contribution is -0.139. The van der Waals surface area contributed by atoms with E-state index in [1.165, 1.54) is 43.3 Å². The highest BCUT2D eigenvalue weighted by Crippen LogP contribution is 2.35. The Bertz CT molecular complexity index is 739. The lowest BCUT2D eigenvalue weighted by atomic mass is 10.1. The summed E-state index contributed by atoms with van der Waals surface area (Å²) >= 11 is 0. The number of hydrogen-bond acceptors (Lipinski definition) is 3. The minimum atomic E-state index is -4.56. The molecule has 0 unspecified atom stereocenters. The van der Waals surface area contributed by atoms with Crippen molar-refractivity contribution in [1.82, 2.24) is 0 Å². The molecule has 0 spiro atoms. The third kappa shape index (κ3) is 4.58. The van der Waals surface area contributed by atoms with E-state index in [9.17, 15) is 22.8 Å². The van der Waals surface area contributed by atoms with Crippen molar-refractivity contribution in [3.05, 3.63) is 59.7 Å². The zero-order valence-corrected chi connectivity index (χ0v) is 12.7. The van der Waals surface area contributed by atoms with Gasteiger partial charge in [-0.25, -0.2) is 0 Å². The van der Waals surface area contributed by atoms with Crippen LogP contribution in [0.25, 0.3) is 0 Å². The fourth-order valence-electron chi connectivity index (χ4n) is 1.96. The first-order valence-electron chi connectivity index (χ1n) is 6.97. The topological polar surface area (TPSA) is 55.4 Å². The van der Waals surface area contributed by atoms with Gasteiger partial charge in [-0.15, -0.1) is 0 Å². The molecular weight excluding hydrogens is 323 g/mol. The predicted octanol–water partition coefficient (Wildman–Crippen LogP) is 3.93. The van der Waals surface area contributed by atoms with Gasteiger partial charge >= 0.3 is 6.18 Å². The molecule has 0 saturated heterocycles. The van der Waals surface area contributed by atoms with Crippen LogP contribution in [0.15, 0.2) is 48.5 Å². The lowest BCUT2D eigenvalue weighted by Crippen LogP contribution is -2.21. The summed E-state index contributed by atoms with van der Waals surface area (Å²) in [6, 6.07) is 10.8. The van der Waals surface area contributed by atoms with Crippen molar-refractivity contribution in [3.8, 4) is 5.75 Å². The number of anilines is 1. The summed E-state index contributed by atoms with van der Waals surface area (Å²) in [5.74, 6) is -1.13. The van der Waals surface area contributed by atoms with Gasteiger partial charge in [-0.05, 0) is 43.3 Å². The van der Waals surface area contributed by atoms with E-state index in [0.717, 1.165) is 12.1 Å². The number of Topliss-reactive ketones (excluding diaryl/α,β-unsaturated/α-hetero) is 1. The molecule has 0 atom stereocenters. The van der Waals surface area contributed by atoms with Crippen molar-refractivity contribution >= 4 is 17.4 Å². The number of benzene rings is 2. The van der Waals surface area contributed by atoms with E-state index in [2.05, 4.69) is 5.32 Å². The van der Waals surface area contributed by atoms with Crippen LogP contribution in [0.1, 0.15) is 22.8 Å². The van der Waals surface area contributed by atoms with E-state index in [-0.39, 0.29) is 5.78 Å². The number of halogens is 3. The van der Waals surface area contributed by atoms with Gasteiger partial charge in [0.1, 0.15) is 5.75 Å². The molecule has 1 amide bonds. The number of rotatable bonds is 5. The van der Waals surface area contributed by atoms with Crippen LogP contribution in [-0.2, 0) is 11.0 Å². The van der Waals surface area contributed by atoms with Crippen molar-refractivity contribution in [3.63, 3.8) is 0 Å². The van der Waals surface area contributed by atoms with Crippen molar-refractivity contribution in [2.75, 3.05) is 11.9 Å². The first-order chi connectivity index (χ1) is 11.3. The summed E-state index contributed by atoms with van der Waals surface area (Å²) in [6.45, 7) is 0.848. The second-order valence-corrected chi connectivity index (χ2v) is 4.96. The van der Waals surface area contributed by atoms with Crippen LogP contribution in [0.4, 0.5) is 18.9 Å². The van der Waals surface area contributed by atoms with Crippen LogP contribution in [0.2, 0.25) is 0 Å². The third-order valence-corrected chi connectivity index (χ3v) is 3.13. The predicted molar refractivity (Wildman–Crippen MR) is 82.0 cm³/mol. The van der Waals surface area contributed by atoms with Gasteiger partial charge in [-0.3, -0.25) is 9.59 Å². The molecule has 2 aromatic carbocycles. The molecule has 0 aliphatic rings. The molecule has 0 aliphatic carbocycles. The largest absolute Gasteiger partial charge is 0.483 e. The Balaban J connectivity index is 1.98. The van der Waals surface area contributed by atoms with Gasteiger partial charge in [-0.2, -0.15) is 13.2 Å². The number of hydrogen-bond donors (Lipinski definition) is 1. The SMILES string of the molecule is CC(=O)c1ccc(NC(=O)COc2ccccc2C(F)(F)F)cc1. The molecule has 0 fully saturated rings. The zero-order chi connectivity index (χ0) is 17.7. The van der Waals surface area contributed by atoms with Crippen molar-refractivity contribution in [2.45, 2.75) is 13.1 Å². The molecule has 24 heavy (non-hydrogen) atoms. The van der Waals surface area contributed by atoms with Crippen LogP contribution in [0, 0.1) is 0 Å². The maximum Gasteiger partial charge on any atom is 0.419 e. The average molecular weight is 337 g/mol. The molecule has 0 bridgehead atoms. The smallest absolute Gasteiger partial charge is 0.419 e. The van der Waals surface area contributed by atoms with Crippen LogP contribution in [0.3, 0.4) is 0 Å². The molecule has 1 N–H and O–H groups in total. The summed E-state index contributed by atoms with van der Waals surface area (Å²) in [4.78, 5) is 22.9. The minimum Gasteiger partial charge on any atom is -0.483 e. The third-order valence-electron chi connectivity index (χ3n) is 3.13. The Morgan fingerprint density at radius 2 is 1.67 bits per heavy atom. The van der Waals surface area contributed by atoms with Gasteiger partial charge in [0.05, 0.1) is 5.56 Å². The summed E-state index contributed by atoms with van der Waals surface area (Å²) in [7, 11) is 0. The second kappa shape index (κ2) is 7.16. The van der Waals surface area contributed by atoms with E-state index in [1.54, 1.807) is 0 Å². The number of ketones is 1. The minimum absolute atomic E-state index is 0.111. The molecule has 2 rings (SSSR count). The van der Waals surface area contributed by atoms with Gasteiger partial charge in [0.2, 0.25) is 0 Å². The van der Waals surface area contributed by atoms with Crippen molar-refractivity contribution in [2.24, 2.45) is 0 Å². The number of ether oxygens (including phenoxy) is 1. The maximum atomic E-state index is 12.8. The van der Waals surface area contributed by atoms with Gasteiger partial charge in [0, 0.05) is 11.3 Å². The van der Waals surface area contributed by atoms with E-state index >= 15 is 0 Å². The number of carbonyl (C=O) groups is 2. The molecule has 2 aromatic rings. The number of carbonyl (C=O) groups excluding carboxylic acids is 2. The highest BCUT2D eigenvalue weighted by molar-refractivity contribution is 5.95. The fraction of sp³-hybridized carbons (Fsp3) is 0.176. The summed E-state index contributed by atoms with van der Waals surface area (Å²) in [5.41, 5.74) is -0.0373. The molecule has 0 radical (unpaired) electrons. The quantitative estimate of drug-likeness (QED) is 0.841. The van der Waals surface area contributed by atoms with Gasteiger partial charge in [0.15, 0.2) is 12.4 Å². The molecule has 0 heterocycles. The lowest BCUT2D eigenvalue weighted by Gasteiger charge is -2.13. The molecule has 4 nitrogen and oxygen atoms in total. The van der Waals surface area contributed by atoms with Crippen LogP contribution < -0.4 is 10.1 Å². The first kappa shape index (κ1) is 17.5. The number of nitrogens with one attached hydrogen (secondary N) is 1. The first-order valence-corrected chi connectivity index (χ1v) is 6.97. The second-order valence-electron chi connectivity index (χ2n) is 4.96. The summed E-state index contributed by atoms with van der Waals surface area (Å²) in [6.07, 6.45) is -4.56. The highest BCUT2D eigenvalue weighted by atomic mass is 19.4. The van der Waals surface area contributed by atoms with Crippen LogP contribution in [-0.4, -0.2) is 18.3 Å². The Morgan fingerprint density at radius 3 is 2.25 bits per heavy atom. The number of amides is 1. The summed E-state index contributed by atoms with van der Waals surface area (Å²) in [5, 5.41) is 2.48. The molecular formula is C17H14F3NO3. The van der Waals surface area contributed by atoms with Crippen LogP contribution >= 0.6 is 0 Å². The molecule has 7 heteroatoms. The van der Waals surface area contributed by atoms with Gasteiger partial charge < -0.3 is 10.1 Å². The van der Waals surface area contributed by atoms with Crippen molar-refractivity contribution < 1.29 is 27.5 Å². The molecule has 0 aliphatic heterocycles.